The van der Waals surface area contributed by atoms with E-state index in [-0.39, 0.29) is 17.5 Å². The molecule has 1 aromatic rings. The summed E-state index contributed by atoms with van der Waals surface area (Å²) in [6.45, 7) is 3.19. The van der Waals surface area contributed by atoms with Gasteiger partial charge in [0, 0.05) is 19.5 Å². The zero-order valence-corrected chi connectivity index (χ0v) is 11.0. The minimum Gasteiger partial charge on any atom is -0.370 e. The Hall–Kier alpha value is -2.18. The summed E-state index contributed by atoms with van der Waals surface area (Å²) in [5.41, 5.74) is 5.29. The van der Waals surface area contributed by atoms with Crippen LogP contribution < -0.4 is 16.4 Å². The highest BCUT2D eigenvalue weighted by Crippen LogP contribution is 2.01. The number of hydrogen-bond acceptors (Lipinski definition) is 5. The van der Waals surface area contributed by atoms with Crippen LogP contribution in [0, 0.1) is 0 Å². The van der Waals surface area contributed by atoms with E-state index in [9.17, 15) is 9.59 Å². The van der Waals surface area contributed by atoms with E-state index >= 15 is 0 Å². The number of unbranched alkanes of at least 4 members (excludes halogenated alkanes) is 1. The zero-order chi connectivity index (χ0) is 14.1. The molecule has 0 unspecified atom stereocenters. The van der Waals surface area contributed by atoms with E-state index < -0.39 is 0 Å². The molecule has 0 aliphatic rings. The van der Waals surface area contributed by atoms with Crippen LogP contribution in [0.2, 0.25) is 0 Å². The minimum atomic E-state index is -0.323. The van der Waals surface area contributed by atoms with Gasteiger partial charge >= 0.3 is 0 Å². The van der Waals surface area contributed by atoms with Crippen LogP contribution in [0.5, 0.6) is 0 Å². The first-order valence-corrected chi connectivity index (χ1v) is 6.27. The first-order valence-electron chi connectivity index (χ1n) is 6.27. The molecule has 0 spiro atoms. The molecule has 1 rings (SSSR count). The van der Waals surface area contributed by atoms with Crippen LogP contribution in [0.4, 0.5) is 5.82 Å². The molecule has 4 N–H and O–H groups in total. The highest BCUT2D eigenvalue weighted by atomic mass is 16.2. The van der Waals surface area contributed by atoms with Crippen LogP contribution in [0.3, 0.4) is 0 Å². The van der Waals surface area contributed by atoms with Crippen molar-refractivity contribution in [3.63, 3.8) is 0 Å². The summed E-state index contributed by atoms with van der Waals surface area (Å²) in [4.78, 5) is 22.2. The Morgan fingerprint density at radius 1 is 1.26 bits per heavy atom. The van der Waals surface area contributed by atoms with Crippen LogP contribution >= 0.6 is 0 Å². The number of primary amides is 1. The lowest BCUT2D eigenvalue weighted by molar-refractivity contribution is -0.118. The van der Waals surface area contributed by atoms with E-state index in [0.29, 0.717) is 31.6 Å². The fraction of sp³-hybridized carbons (Fsp3) is 0.500. The van der Waals surface area contributed by atoms with E-state index in [2.05, 4.69) is 20.8 Å². The highest BCUT2D eigenvalue weighted by molar-refractivity contribution is 5.92. The lowest BCUT2D eigenvalue weighted by Crippen LogP contribution is -2.26. The highest BCUT2D eigenvalue weighted by Gasteiger charge is 2.07. The van der Waals surface area contributed by atoms with Crippen molar-refractivity contribution >= 4 is 17.6 Å². The number of carbonyl (C=O) groups excluding carboxylic acids is 2. The summed E-state index contributed by atoms with van der Waals surface area (Å²) in [6, 6.07) is 3.32. The molecular formula is C12H19N5O2. The molecule has 19 heavy (non-hydrogen) atoms. The molecule has 0 bridgehead atoms. The summed E-state index contributed by atoms with van der Waals surface area (Å²) in [5, 5.41) is 13.4. The Labute approximate surface area is 112 Å². The number of nitrogens with one attached hydrogen (secondary N) is 2. The molecule has 0 atom stereocenters. The van der Waals surface area contributed by atoms with Crippen molar-refractivity contribution in [2.45, 2.75) is 26.2 Å². The van der Waals surface area contributed by atoms with E-state index in [1.807, 2.05) is 6.92 Å². The molecule has 104 valence electrons. The second kappa shape index (κ2) is 8.02. The fourth-order valence-electron chi connectivity index (χ4n) is 1.45. The first kappa shape index (κ1) is 14.9. The Bertz CT molecular complexity index is 419. The summed E-state index contributed by atoms with van der Waals surface area (Å²) in [7, 11) is 0. The van der Waals surface area contributed by atoms with Crippen LogP contribution in [0.15, 0.2) is 12.1 Å². The van der Waals surface area contributed by atoms with Gasteiger partial charge in [0.15, 0.2) is 5.69 Å². The first-order chi connectivity index (χ1) is 9.13. The van der Waals surface area contributed by atoms with Crippen molar-refractivity contribution in [3.8, 4) is 0 Å². The number of carbonyl (C=O) groups is 2. The number of hydrogen-bond donors (Lipinski definition) is 3. The van der Waals surface area contributed by atoms with Crippen molar-refractivity contribution in [1.82, 2.24) is 15.5 Å². The van der Waals surface area contributed by atoms with Crippen molar-refractivity contribution in [2.75, 3.05) is 18.4 Å². The number of amides is 2. The second-order valence-corrected chi connectivity index (χ2v) is 4.01. The van der Waals surface area contributed by atoms with Gasteiger partial charge in [0.2, 0.25) is 5.91 Å². The number of nitrogens with zero attached hydrogens (tertiary/aromatic N) is 2. The molecule has 1 heterocycles. The van der Waals surface area contributed by atoms with Gasteiger partial charge in [0.05, 0.1) is 0 Å². The molecule has 0 aliphatic carbocycles. The van der Waals surface area contributed by atoms with Crippen molar-refractivity contribution in [2.24, 2.45) is 5.73 Å². The van der Waals surface area contributed by atoms with Gasteiger partial charge < -0.3 is 16.4 Å². The monoisotopic (exact) mass is 265 g/mol. The molecule has 0 radical (unpaired) electrons. The Balaban J connectivity index is 2.30. The second-order valence-electron chi connectivity index (χ2n) is 4.01. The number of nitrogens with two attached hydrogens (primary N) is 1. The maximum Gasteiger partial charge on any atom is 0.271 e. The third kappa shape index (κ3) is 5.80. The van der Waals surface area contributed by atoms with Crippen molar-refractivity contribution in [1.29, 1.82) is 0 Å². The van der Waals surface area contributed by atoms with Gasteiger partial charge in [-0.15, -0.1) is 10.2 Å². The third-order valence-corrected chi connectivity index (χ3v) is 2.39. The molecule has 0 saturated carbocycles. The molecular weight excluding hydrogens is 246 g/mol. The smallest absolute Gasteiger partial charge is 0.271 e. The van der Waals surface area contributed by atoms with Crippen LogP contribution in [0.1, 0.15) is 36.7 Å². The zero-order valence-electron chi connectivity index (χ0n) is 11.0. The van der Waals surface area contributed by atoms with E-state index in [1.54, 1.807) is 12.1 Å². The van der Waals surface area contributed by atoms with Gasteiger partial charge in [-0.05, 0) is 31.9 Å². The van der Waals surface area contributed by atoms with E-state index in [4.69, 9.17) is 5.73 Å². The largest absolute Gasteiger partial charge is 0.370 e. The van der Waals surface area contributed by atoms with Crippen molar-refractivity contribution < 1.29 is 9.59 Å². The van der Waals surface area contributed by atoms with Crippen LogP contribution in [-0.2, 0) is 4.79 Å². The third-order valence-electron chi connectivity index (χ3n) is 2.39. The van der Waals surface area contributed by atoms with Crippen LogP contribution in [-0.4, -0.2) is 35.1 Å². The van der Waals surface area contributed by atoms with E-state index in [1.165, 1.54) is 0 Å². The summed E-state index contributed by atoms with van der Waals surface area (Å²) < 4.78 is 0. The average Bonchev–Trinajstić information content (AvgIpc) is 2.39. The van der Waals surface area contributed by atoms with Crippen molar-refractivity contribution in [3.05, 3.63) is 17.8 Å². The van der Waals surface area contributed by atoms with Gasteiger partial charge in [0.25, 0.3) is 5.91 Å². The SMILES string of the molecule is CCNc1ccc(C(=O)NCCCCC(N)=O)nn1. The maximum absolute atomic E-state index is 11.7. The molecule has 1 aromatic heterocycles. The Kier molecular flexibility index (Phi) is 6.28. The lowest BCUT2D eigenvalue weighted by atomic mass is 10.2. The Morgan fingerprint density at radius 2 is 2.05 bits per heavy atom. The summed E-state index contributed by atoms with van der Waals surface area (Å²) in [6.07, 6.45) is 1.71. The van der Waals surface area contributed by atoms with E-state index in [0.717, 1.165) is 6.54 Å². The van der Waals surface area contributed by atoms with Gasteiger partial charge in [0.1, 0.15) is 5.82 Å². The number of rotatable bonds is 8. The average molecular weight is 265 g/mol. The molecule has 0 fully saturated rings. The molecule has 0 aromatic carbocycles. The lowest BCUT2D eigenvalue weighted by Gasteiger charge is -2.05. The normalized spacial score (nSPS) is 9.95. The Morgan fingerprint density at radius 3 is 2.63 bits per heavy atom. The molecule has 7 nitrogen and oxygen atoms in total. The number of aromatic nitrogens is 2. The topological polar surface area (TPSA) is 110 Å². The van der Waals surface area contributed by atoms with Gasteiger partial charge in [-0.2, -0.15) is 0 Å². The van der Waals surface area contributed by atoms with Gasteiger partial charge in [-0.25, -0.2) is 0 Å². The fourth-order valence-corrected chi connectivity index (χ4v) is 1.45. The quantitative estimate of drug-likeness (QED) is 0.585. The molecule has 0 saturated heterocycles. The maximum atomic E-state index is 11.7. The summed E-state index contributed by atoms with van der Waals surface area (Å²) in [5.74, 6) is 0.0475. The predicted molar refractivity (Wildman–Crippen MR) is 71.6 cm³/mol. The number of anilines is 1. The van der Waals surface area contributed by atoms with Crippen LogP contribution in [0.25, 0.3) is 0 Å². The molecule has 0 aliphatic heterocycles. The predicted octanol–water partition coefficient (Wildman–Crippen LogP) is 0.294. The van der Waals surface area contributed by atoms with Gasteiger partial charge in [-0.1, -0.05) is 0 Å². The minimum absolute atomic E-state index is 0.269. The standard InChI is InChI=1S/C12H19N5O2/c1-2-14-11-7-6-9(16-17-11)12(19)15-8-4-3-5-10(13)18/h6-7H,2-5,8H2,1H3,(H2,13,18)(H,14,17)(H,15,19). The molecule has 2 amide bonds. The van der Waals surface area contributed by atoms with Gasteiger partial charge in [-0.3, -0.25) is 9.59 Å². The summed E-state index contributed by atoms with van der Waals surface area (Å²) >= 11 is 0. The molecule has 7 heteroatoms.